The van der Waals surface area contributed by atoms with Gasteiger partial charge in [-0.2, -0.15) is 0 Å². The molecule has 1 aliphatic heterocycles. The number of aromatic amines is 1. The normalized spacial score (nSPS) is 21.8. The van der Waals surface area contributed by atoms with Crippen molar-refractivity contribution in [3.8, 4) is 0 Å². The maximum absolute atomic E-state index is 5.12. The van der Waals surface area contributed by atoms with Crippen LogP contribution in [0.15, 0.2) is 24.1 Å². The van der Waals surface area contributed by atoms with E-state index in [4.69, 9.17) is 12.2 Å². The van der Waals surface area contributed by atoms with Crippen molar-refractivity contribution in [2.24, 2.45) is 0 Å². The Hall–Kier alpha value is -0.710. The van der Waals surface area contributed by atoms with Crippen molar-refractivity contribution < 1.29 is 0 Å². The van der Waals surface area contributed by atoms with E-state index in [-0.39, 0.29) is 0 Å². The average molecular weight is 252 g/mol. The SMILES string of the molecule is C=CCC1CC(c2csc(=S)[nH]2)=CCN1C. The summed E-state index contributed by atoms with van der Waals surface area (Å²) in [6.07, 6.45) is 6.40. The summed E-state index contributed by atoms with van der Waals surface area (Å²) >= 11 is 6.71. The number of nitrogens with one attached hydrogen (secondary N) is 1. The van der Waals surface area contributed by atoms with Gasteiger partial charge in [0.25, 0.3) is 0 Å². The Bertz CT molecular complexity index is 456. The summed E-state index contributed by atoms with van der Waals surface area (Å²) in [6, 6.07) is 0.569. The molecule has 4 heteroatoms. The molecule has 0 spiro atoms. The third kappa shape index (κ3) is 2.51. The van der Waals surface area contributed by atoms with E-state index in [2.05, 4.69) is 35.0 Å². The van der Waals surface area contributed by atoms with Gasteiger partial charge in [0.05, 0.1) is 5.69 Å². The smallest absolute Gasteiger partial charge is 0.158 e. The lowest BCUT2D eigenvalue weighted by molar-refractivity contribution is 0.262. The van der Waals surface area contributed by atoms with Crippen molar-refractivity contribution >= 4 is 29.1 Å². The van der Waals surface area contributed by atoms with Crippen LogP contribution in [0.2, 0.25) is 0 Å². The van der Waals surface area contributed by atoms with E-state index in [1.54, 1.807) is 11.3 Å². The molecule has 1 aromatic heterocycles. The topological polar surface area (TPSA) is 19.0 Å². The van der Waals surface area contributed by atoms with Crippen LogP contribution in [0.1, 0.15) is 18.5 Å². The molecule has 0 saturated heterocycles. The lowest BCUT2D eigenvalue weighted by Gasteiger charge is -2.31. The Labute approximate surface area is 105 Å². The average Bonchev–Trinajstić information content (AvgIpc) is 2.69. The van der Waals surface area contributed by atoms with Crippen LogP contribution >= 0.6 is 23.6 Å². The Morgan fingerprint density at radius 1 is 1.75 bits per heavy atom. The molecule has 0 bridgehead atoms. The quantitative estimate of drug-likeness (QED) is 0.656. The zero-order valence-electron chi connectivity index (χ0n) is 9.40. The Morgan fingerprint density at radius 2 is 2.56 bits per heavy atom. The summed E-state index contributed by atoms with van der Waals surface area (Å²) in [7, 11) is 2.16. The summed E-state index contributed by atoms with van der Waals surface area (Å²) in [5.74, 6) is 0. The van der Waals surface area contributed by atoms with Crippen LogP contribution < -0.4 is 0 Å². The van der Waals surface area contributed by atoms with Gasteiger partial charge in [-0.15, -0.1) is 17.9 Å². The van der Waals surface area contributed by atoms with Gasteiger partial charge in [0.15, 0.2) is 3.95 Å². The fourth-order valence-electron chi connectivity index (χ4n) is 2.01. The highest BCUT2D eigenvalue weighted by atomic mass is 32.1. The number of hydrogen-bond acceptors (Lipinski definition) is 3. The Balaban J connectivity index is 2.18. The maximum atomic E-state index is 5.12. The fraction of sp³-hybridized carbons (Fsp3) is 0.417. The molecule has 86 valence electrons. The van der Waals surface area contributed by atoms with Crippen LogP contribution in [0.5, 0.6) is 0 Å². The highest BCUT2D eigenvalue weighted by Crippen LogP contribution is 2.27. The molecule has 1 unspecified atom stereocenters. The third-order valence-electron chi connectivity index (χ3n) is 3.01. The molecule has 1 atom stereocenters. The molecule has 2 rings (SSSR count). The highest BCUT2D eigenvalue weighted by Gasteiger charge is 2.20. The number of H-pyrrole nitrogens is 1. The lowest BCUT2D eigenvalue weighted by Crippen LogP contribution is -2.34. The molecule has 2 heterocycles. The van der Waals surface area contributed by atoms with E-state index in [0.29, 0.717) is 6.04 Å². The van der Waals surface area contributed by atoms with Crippen LogP contribution in [0, 0.1) is 3.95 Å². The minimum atomic E-state index is 0.569. The first kappa shape index (κ1) is 11.8. The van der Waals surface area contributed by atoms with Crippen LogP contribution in [0.3, 0.4) is 0 Å². The molecule has 0 aromatic carbocycles. The zero-order valence-corrected chi connectivity index (χ0v) is 11.0. The monoisotopic (exact) mass is 252 g/mol. The van der Waals surface area contributed by atoms with Crippen molar-refractivity contribution in [2.75, 3.05) is 13.6 Å². The number of rotatable bonds is 3. The molecular formula is C12H16N2S2. The molecule has 0 amide bonds. The van der Waals surface area contributed by atoms with Gasteiger partial charge in [-0.1, -0.05) is 12.2 Å². The number of aromatic nitrogens is 1. The van der Waals surface area contributed by atoms with Gasteiger partial charge < -0.3 is 4.98 Å². The van der Waals surface area contributed by atoms with Crippen molar-refractivity contribution in [1.82, 2.24) is 9.88 Å². The number of nitrogens with zero attached hydrogens (tertiary/aromatic N) is 1. The summed E-state index contributed by atoms with van der Waals surface area (Å²) in [5.41, 5.74) is 2.58. The first-order valence-corrected chi connectivity index (χ1v) is 6.68. The van der Waals surface area contributed by atoms with Gasteiger partial charge in [-0.25, -0.2) is 0 Å². The number of thiazole rings is 1. The fourth-order valence-corrected chi connectivity index (χ4v) is 2.87. The molecule has 0 aliphatic carbocycles. The molecule has 0 radical (unpaired) electrons. The second kappa shape index (κ2) is 5.08. The maximum Gasteiger partial charge on any atom is 0.158 e. The molecular weight excluding hydrogens is 236 g/mol. The molecule has 1 aliphatic rings. The van der Waals surface area contributed by atoms with E-state index in [1.807, 2.05) is 6.08 Å². The Kier molecular flexibility index (Phi) is 3.74. The summed E-state index contributed by atoms with van der Waals surface area (Å²) < 4.78 is 0.857. The molecule has 2 nitrogen and oxygen atoms in total. The van der Waals surface area contributed by atoms with Crippen LogP contribution in [-0.2, 0) is 0 Å². The minimum Gasteiger partial charge on any atom is -0.337 e. The van der Waals surface area contributed by atoms with E-state index < -0.39 is 0 Å². The summed E-state index contributed by atoms with van der Waals surface area (Å²) in [5, 5.41) is 2.12. The van der Waals surface area contributed by atoms with E-state index >= 15 is 0 Å². The molecule has 16 heavy (non-hydrogen) atoms. The van der Waals surface area contributed by atoms with Gasteiger partial charge in [0, 0.05) is 18.0 Å². The third-order valence-corrected chi connectivity index (χ3v) is 4.07. The summed E-state index contributed by atoms with van der Waals surface area (Å²) in [6.45, 7) is 4.83. The summed E-state index contributed by atoms with van der Waals surface area (Å²) in [4.78, 5) is 5.61. The largest absolute Gasteiger partial charge is 0.337 e. The second-order valence-electron chi connectivity index (χ2n) is 4.11. The van der Waals surface area contributed by atoms with Gasteiger partial charge in [-0.3, -0.25) is 4.90 Å². The first-order valence-electron chi connectivity index (χ1n) is 5.39. The van der Waals surface area contributed by atoms with Crippen molar-refractivity contribution in [3.05, 3.63) is 33.8 Å². The standard InChI is InChI=1S/C12H16N2S2/c1-3-4-10-7-9(5-6-14(10)2)11-8-16-12(15)13-11/h3,5,8,10H,1,4,6-7H2,2H3,(H,13,15). The minimum absolute atomic E-state index is 0.569. The Morgan fingerprint density at radius 3 is 3.19 bits per heavy atom. The van der Waals surface area contributed by atoms with Crippen LogP contribution in [0.25, 0.3) is 5.57 Å². The molecule has 0 saturated carbocycles. The highest BCUT2D eigenvalue weighted by molar-refractivity contribution is 7.73. The van der Waals surface area contributed by atoms with E-state index in [0.717, 1.165) is 23.3 Å². The van der Waals surface area contributed by atoms with Crippen molar-refractivity contribution in [2.45, 2.75) is 18.9 Å². The predicted molar refractivity (Wildman–Crippen MR) is 73.3 cm³/mol. The van der Waals surface area contributed by atoms with Gasteiger partial charge >= 0.3 is 0 Å². The lowest BCUT2D eigenvalue weighted by atomic mass is 9.96. The van der Waals surface area contributed by atoms with Crippen LogP contribution in [0.4, 0.5) is 0 Å². The van der Waals surface area contributed by atoms with Crippen LogP contribution in [-0.4, -0.2) is 29.5 Å². The van der Waals surface area contributed by atoms with Gasteiger partial charge in [0.1, 0.15) is 0 Å². The van der Waals surface area contributed by atoms with E-state index in [9.17, 15) is 0 Å². The van der Waals surface area contributed by atoms with Crippen molar-refractivity contribution in [3.63, 3.8) is 0 Å². The number of likely N-dealkylation sites (N-methyl/N-ethyl adjacent to an activating group) is 1. The van der Waals surface area contributed by atoms with E-state index in [1.165, 1.54) is 11.3 Å². The molecule has 1 aromatic rings. The molecule has 0 fully saturated rings. The zero-order chi connectivity index (χ0) is 11.5. The molecule has 1 N–H and O–H groups in total. The van der Waals surface area contributed by atoms with Gasteiger partial charge in [0.2, 0.25) is 0 Å². The van der Waals surface area contributed by atoms with Gasteiger partial charge in [-0.05, 0) is 37.7 Å². The van der Waals surface area contributed by atoms with Crippen molar-refractivity contribution in [1.29, 1.82) is 0 Å². The second-order valence-corrected chi connectivity index (χ2v) is 5.66. The number of hydrogen-bond donors (Lipinski definition) is 1. The predicted octanol–water partition coefficient (Wildman–Crippen LogP) is 3.47. The first-order chi connectivity index (χ1) is 7.70.